The Bertz CT molecular complexity index is 1090. The minimum atomic E-state index is -0.483. The predicted octanol–water partition coefficient (Wildman–Crippen LogP) is 2.53. The molecule has 3 aromatic rings. The summed E-state index contributed by atoms with van der Waals surface area (Å²) in [4.78, 5) is 25.3. The fourth-order valence-electron chi connectivity index (χ4n) is 3.24. The number of carbonyl (C=O) groups excluding carboxylic acids is 1. The summed E-state index contributed by atoms with van der Waals surface area (Å²) in [6.45, 7) is 2.04. The van der Waals surface area contributed by atoms with Gasteiger partial charge in [0.1, 0.15) is 5.75 Å². The van der Waals surface area contributed by atoms with Crippen molar-refractivity contribution in [1.29, 1.82) is 0 Å². The number of aromatic nitrogens is 3. The van der Waals surface area contributed by atoms with Crippen LogP contribution in [0.4, 0.5) is 5.69 Å². The average Bonchev–Trinajstić information content (AvgIpc) is 3.15. The van der Waals surface area contributed by atoms with Gasteiger partial charge in [0.15, 0.2) is 5.69 Å². The minimum Gasteiger partial charge on any atom is -0.497 e. The maximum absolute atomic E-state index is 12.8. The molecule has 1 N–H and O–H groups in total. The monoisotopic (exact) mass is 424 g/mol. The number of hydrogen-bond acceptors (Lipinski definition) is 7. The second-order valence-electron chi connectivity index (χ2n) is 7.18. The summed E-state index contributed by atoms with van der Waals surface area (Å²) in [7, 11) is 5.47. The SMILES string of the molecule is COc1cccc(C(CNC(=O)c2nnn(-c3cccc([N+](=O)[O-])c3)c2C)N(C)C)c1. The molecule has 31 heavy (non-hydrogen) atoms. The highest BCUT2D eigenvalue weighted by Crippen LogP contribution is 2.22. The molecule has 0 spiro atoms. The molecule has 0 aliphatic heterocycles. The lowest BCUT2D eigenvalue weighted by atomic mass is 10.1. The van der Waals surface area contributed by atoms with Gasteiger partial charge in [-0.1, -0.05) is 23.4 Å². The van der Waals surface area contributed by atoms with Crippen molar-refractivity contribution in [2.24, 2.45) is 0 Å². The first kappa shape index (κ1) is 21.9. The van der Waals surface area contributed by atoms with E-state index in [1.165, 1.54) is 16.8 Å². The summed E-state index contributed by atoms with van der Waals surface area (Å²) in [5.74, 6) is 0.371. The van der Waals surface area contributed by atoms with E-state index in [9.17, 15) is 14.9 Å². The van der Waals surface area contributed by atoms with Gasteiger partial charge in [0.05, 0.1) is 29.5 Å². The van der Waals surface area contributed by atoms with E-state index in [0.717, 1.165) is 11.3 Å². The zero-order valence-electron chi connectivity index (χ0n) is 17.8. The van der Waals surface area contributed by atoms with Gasteiger partial charge >= 0.3 is 0 Å². The van der Waals surface area contributed by atoms with Crippen molar-refractivity contribution in [3.05, 3.63) is 75.6 Å². The molecule has 3 rings (SSSR count). The van der Waals surface area contributed by atoms with Gasteiger partial charge in [-0.15, -0.1) is 5.10 Å². The van der Waals surface area contributed by atoms with E-state index in [-0.39, 0.29) is 23.3 Å². The van der Waals surface area contributed by atoms with E-state index >= 15 is 0 Å². The first-order valence-electron chi connectivity index (χ1n) is 9.57. The quantitative estimate of drug-likeness (QED) is 0.436. The van der Waals surface area contributed by atoms with Crippen LogP contribution < -0.4 is 10.1 Å². The Morgan fingerprint density at radius 2 is 2.00 bits per heavy atom. The van der Waals surface area contributed by atoms with E-state index < -0.39 is 4.92 Å². The smallest absolute Gasteiger partial charge is 0.273 e. The summed E-state index contributed by atoms with van der Waals surface area (Å²) in [5.41, 5.74) is 2.04. The van der Waals surface area contributed by atoms with Crippen molar-refractivity contribution >= 4 is 11.6 Å². The summed E-state index contributed by atoms with van der Waals surface area (Å²) in [6, 6.07) is 13.6. The number of nitro groups is 1. The molecule has 1 unspecified atom stereocenters. The summed E-state index contributed by atoms with van der Waals surface area (Å²) >= 11 is 0. The second kappa shape index (κ2) is 9.35. The molecule has 2 aromatic carbocycles. The largest absolute Gasteiger partial charge is 0.497 e. The van der Waals surface area contributed by atoms with Gasteiger partial charge in [-0.05, 0) is 44.8 Å². The molecule has 0 bridgehead atoms. The molecule has 0 saturated heterocycles. The third-order valence-corrected chi connectivity index (χ3v) is 4.95. The Morgan fingerprint density at radius 3 is 2.68 bits per heavy atom. The molecule has 0 aliphatic carbocycles. The number of nitrogens with zero attached hydrogens (tertiary/aromatic N) is 5. The summed E-state index contributed by atoms with van der Waals surface area (Å²) in [5, 5.41) is 21.9. The molecule has 1 atom stereocenters. The maximum Gasteiger partial charge on any atom is 0.273 e. The van der Waals surface area contributed by atoms with Crippen LogP contribution in [0.5, 0.6) is 5.75 Å². The zero-order chi connectivity index (χ0) is 22.5. The van der Waals surface area contributed by atoms with E-state index in [0.29, 0.717) is 17.9 Å². The Kier molecular flexibility index (Phi) is 6.61. The van der Waals surface area contributed by atoms with Gasteiger partial charge in [0.2, 0.25) is 0 Å². The van der Waals surface area contributed by atoms with Crippen molar-refractivity contribution in [2.45, 2.75) is 13.0 Å². The van der Waals surface area contributed by atoms with Crippen LogP contribution in [0.15, 0.2) is 48.5 Å². The molecule has 0 aliphatic rings. The molecule has 0 saturated carbocycles. The van der Waals surface area contributed by atoms with Gasteiger partial charge in [-0.25, -0.2) is 4.68 Å². The van der Waals surface area contributed by atoms with Crippen LogP contribution in [0.1, 0.15) is 27.8 Å². The number of ether oxygens (including phenoxy) is 1. The topological polar surface area (TPSA) is 115 Å². The van der Waals surface area contributed by atoms with E-state index in [2.05, 4.69) is 15.6 Å². The minimum absolute atomic E-state index is 0.0643. The number of likely N-dealkylation sites (N-methyl/N-ethyl adjacent to an activating group) is 1. The highest BCUT2D eigenvalue weighted by Gasteiger charge is 2.21. The van der Waals surface area contributed by atoms with E-state index in [1.54, 1.807) is 26.2 Å². The zero-order valence-corrected chi connectivity index (χ0v) is 17.8. The number of non-ortho nitro benzene ring substituents is 1. The van der Waals surface area contributed by atoms with Crippen molar-refractivity contribution in [3.8, 4) is 11.4 Å². The van der Waals surface area contributed by atoms with Gasteiger partial charge < -0.3 is 15.0 Å². The Balaban J connectivity index is 1.77. The maximum atomic E-state index is 12.8. The second-order valence-corrected chi connectivity index (χ2v) is 7.18. The van der Waals surface area contributed by atoms with Gasteiger partial charge in [0, 0.05) is 18.7 Å². The molecular weight excluding hydrogens is 400 g/mol. The molecule has 162 valence electrons. The molecule has 10 nitrogen and oxygen atoms in total. The highest BCUT2D eigenvalue weighted by molar-refractivity contribution is 5.93. The van der Waals surface area contributed by atoms with E-state index in [1.807, 2.05) is 43.3 Å². The Labute approximate surface area is 179 Å². The average molecular weight is 424 g/mol. The van der Waals surface area contributed by atoms with Crippen LogP contribution in [0, 0.1) is 17.0 Å². The molecule has 10 heteroatoms. The van der Waals surface area contributed by atoms with Crippen molar-refractivity contribution in [1.82, 2.24) is 25.2 Å². The summed E-state index contributed by atoms with van der Waals surface area (Å²) < 4.78 is 6.70. The van der Waals surface area contributed by atoms with Crippen LogP contribution in [-0.4, -0.2) is 58.5 Å². The lowest BCUT2D eigenvalue weighted by molar-refractivity contribution is -0.384. The molecule has 0 radical (unpaired) electrons. The Morgan fingerprint density at radius 1 is 1.26 bits per heavy atom. The predicted molar refractivity (Wildman–Crippen MR) is 115 cm³/mol. The van der Waals surface area contributed by atoms with Crippen LogP contribution in [0.3, 0.4) is 0 Å². The van der Waals surface area contributed by atoms with Gasteiger partial charge in [-0.3, -0.25) is 14.9 Å². The normalized spacial score (nSPS) is 11.9. The number of nitro benzene ring substituents is 1. The lowest BCUT2D eigenvalue weighted by Crippen LogP contribution is -2.35. The lowest BCUT2D eigenvalue weighted by Gasteiger charge is -2.25. The Hall–Kier alpha value is -3.79. The van der Waals surface area contributed by atoms with Crippen LogP contribution in [0.2, 0.25) is 0 Å². The number of rotatable bonds is 8. The van der Waals surface area contributed by atoms with Crippen molar-refractivity contribution in [3.63, 3.8) is 0 Å². The number of nitrogens with one attached hydrogen (secondary N) is 1. The van der Waals surface area contributed by atoms with Crippen LogP contribution in [0.25, 0.3) is 5.69 Å². The van der Waals surface area contributed by atoms with Gasteiger partial charge in [0.25, 0.3) is 11.6 Å². The molecule has 1 aromatic heterocycles. The standard InChI is InChI=1S/C21H24N6O4/c1-14-20(23-24-26(14)16-8-6-9-17(12-16)27(29)30)21(28)22-13-19(25(2)3)15-7-5-10-18(11-15)31-4/h5-12,19H,13H2,1-4H3,(H,22,28). The van der Waals surface area contributed by atoms with Crippen molar-refractivity contribution < 1.29 is 14.5 Å². The molecular formula is C21H24N6O4. The fourth-order valence-corrected chi connectivity index (χ4v) is 3.24. The van der Waals surface area contributed by atoms with Crippen LogP contribution >= 0.6 is 0 Å². The number of methoxy groups -OCH3 is 1. The highest BCUT2D eigenvalue weighted by atomic mass is 16.6. The first-order chi connectivity index (χ1) is 14.8. The molecule has 1 heterocycles. The molecule has 0 fully saturated rings. The van der Waals surface area contributed by atoms with E-state index in [4.69, 9.17) is 4.74 Å². The third kappa shape index (κ3) is 4.86. The summed E-state index contributed by atoms with van der Waals surface area (Å²) in [6.07, 6.45) is 0. The van der Waals surface area contributed by atoms with Crippen LogP contribution in [-0.2, 0) is 0 Å². The number of hydrogen-bond donors (Lipinski definition) is 1. The third-order valence-electron chi connectivity index (χ3n) is 4.95. The number of benzene rings is 2. The van der Waals surface area contributed by atoms with Crippen molar-refractivity contribution in [2.75, 3.05) is 27.7 Å². The number of carbonyl (C=O) groups is 1. The molecule has 1 amide bonds. The fraction of sp³-hybridized carbons (Fsp3) is 0.286. The van der Waals surface area contributed by atoms with Gasteiger partial charge in [-0.2, -0.15) is 0 Å². The first-order valence-corrected chi connectivity index (χ1v) is 9.57. The number of amides is 1.